The van der Waals surface area contributed by atoms with Crippen molar-refractivity contribution in [3.8, 4) is 34.2 Å². The molecule has 3 aromatic heterocycles. The molecule has 0 spiro atoms. The molecule has 9 aromatic carbocycles. The van der Waals surface area contributed by atoms with Crippen molar-refractivity contribution in [3.05, 3.63) is 204 Å². The van der Waals surface area contributed by atoms with Crippen LogP contribution in [-0.4, -0.2) is 9.55 Å². The Kier molecular flexibility index (Phi) is 12.1. The average Bonchev–Trinajstić information content (AvgIpc) is 4.09. The maximum atomic E-state index is 7.87. The summed E-state index contributed by atoms with van der Waals surface area (Å²) in [7, 11) is 0. The zero-order valence-corrected chi connectivity index (χ0v) is 44.6. The van der Waals surface area contributed by atoms with Crippen molar-refractivity contribution < 1.29 is 28.8 Å². The van der Waals surface area contributed by atoms with Gasteiger partial charge in [0.15, 0.2) is 0 Å². The first-order valence-corrected chi connectivity index (χ1v) is 25.4. The number of para-hydroxylation sites is 6. The molecule has 0 atom stereocenters. The largest absolute Gasteiger partial charge is 3.00 e. The molecule has 352 valence electrons. The van der Waals surface area contributed by atoms with E-state index in [-0.39, 0.29) is 20.1 Å². The summed E-state index contributed by atoms with van der Waals surface area (Å²) in [5, 5.41) is 6.61. The number of rotatable bonds is 8. The van der Waals surface area contributed by atoms with Gasteiger partial charge in [0.05, 0.1) is 33.7 Å². The summed E-state index contributed by atoms with van der Waals surface area (Å²) in [4.78, 5) is 10.3. The number of fused-ring (bicyclic) bond motifs is 8. The third-order valence-electron chi connectivity index (χ3n) is 13.8. The number of nitrogens with zero attached hydrogens (tertiary/aromatic N) is 4. The van der Waals surface area contributed by atoms with Crippen LogP contribution in [0.2, 0.25) is 0 Å². The molecule has 0 bridgehead atoms. The summed E-state index contributed by atoms with van der Waals surface area (Å²) < 4.78 is 30.7. The number of aromatic nitrogens is 4. The van der Waals surface area contributed by atoms with Crippen molar-refractivity contribution in [2.24, 2.45) is 0 Å². The van der Waals surface area contributed by atoms with E-state index in [9.17, 15) is 0 Å². The Hall–Kier alpha value is -6.69. The molecule has 0 aliphatic heterocycles. The molecule has 0 aliphatic rings. The van der Waals surface area contributed by atoms with Crippen LogP contribution in [0, 0.1) is 19.0 Å². The molecule has 0 N–H and O–H groups in total. The molecule has 0 saturated carbocycles. The van der Waals surface area contributed by atoms with Crippen molar-refractivity contribution in [1.29, 1.82) is 0 Å². The Labute approximate surface area is 439 Å². The molecule has 3 heterocycles. The minimum atomic E-state index is -2.13. The molecule has 4 nitrogen and oxygen atoms in total. The summed E-state index contributed by atoms with van der Waals surface area (Å²) in [6.07, 6.45) is 0. The fraction of sp³-hybridized carbons (Fsp3) is 0.200. The number of hydrogen-bond donors (Lipinski definition) is 0. The minimum absolute atomic E-state index is 0. The first-order valence-electron chi connectivity index (χ1n) is 26.1. The van der Waals surface area contributed by atoms with E-state index >= 15 is 0 Å². The third-order valence-corrected chi connectivity index (χ3v) is 15.0. The number of aryl methyl sites for hydroxylation is 1. The quantitative estimate of drug-likeness (QED) is 0.0864. The first kappa shape index (κ1) is 44.3. The van der Waals surface area contributed by atoms with Gasteiger partial charge in [-0.15, -0.1) is 54.1 Å². The summed E-state index contributed by atoms with van der Waals surface area (Å²) in [6, 6.07) is 63.6. The number of imidazole rings is 2. The Morgan fingerprint density at radius 2 is 1.25 bits per heavy atom. The van der Waals surface area contributed by atoms with Gasteiger partial charge in [-0.2, -0.15) is 11.3 Å². The van der Waals surface area contributed by atoms with E-state index in [1.54, 1.807) is 23.5 Å². The topological polar surface area (TPSA) is 35.8 Å². The van der Waals surface area contributed by atoms with E-state index in [0.717, 1.165) is 71.1 Å². The van der Waals surface area contributed by atoms with Gasteiger partial charge in [-0.05, 0) is 121 Å². The van der Waals surface area contributed by atoms with Crippen LogP contribution < -0.4 is 9.55 Å². The summed E-state index contributed by atoms with van der Waals surface area (Å²) in [5.74, 6) is 3.38. The molecule has 0 radical (unpaired) electrons. The average molecular weight is 1120 g/mol. The molecule has 6 heteroatoms. The van der Waals surface area contributed by atoms with Gasteiger partial charge < -0.3 is 9.13 Å². The van der Waals surface area contributed by atoms with Crippen LogP contribution in [0.3, 0.4) is 0 Å². The van der Waals surface area contributed by atoms with Gasteiger partial charge >= 0.3 is 20.1 Å². The fourth-order valence-electron chi connectivity index (χ4n) is 10.4. The Morgan fingerprint density at radius 1 is 0.592 bits per heavy atom. The van der Waals surface area contributed by atoms with Crippen LogP contribution in [0.15, 0.2) is 164 Å². The summed E-state index contributed by atoms with van der Waals surface area (Å²) in [5.41, 5.74) is 14.4. The SMILES string of the molecule is CC(C)c1cccc(C(C)C)c1-n1c(-c2[c-]cccc2)nc2ccccc21.[2H]C([2H])([2H])c1ccc2c(ccc3cc4sc5c(-c6[n-]c7ccccc7[n+]6-c6c(C(C)C)cccc6C(C)C)[c-]ccc5c4cc32)c1.[Ir+3]. The standard InChI is InChI=1S/C40H33N2S.C25H25N2.Ir/c1-23(2)28-10-8-11-29(24(3)4)38(28)42-36-15-7-6-14-35(36)41-40(42)32-13-9-12-31-34-22-33-27(21-37(34)43-39(31)32)18-17-26-20-25(5)16-19-30(26)33;1-17(2)20-13-10-14-21(18(3)4)24(20)27-23-16-9-8-15-22(23)26-25(27)19-11-6-5-7-12-19;/h6-12,14-24H,1-5H3;5-11,13-18H,1-4H3;/q2*-1;+3/i5D3;;. The van der Waals surface area contributed by atoms with Crippen LogP contribution >= 0.6 is 11.3 Å². The molecule has 0 aliphatic carbocycles. The Bertz CT molecular complexity index is 3990. The number of benzene rings is 9. The van der Waals surface area contributed by atoms with Crippen molar-refractivity contribution in [3.63, 3.8) is 0 Å². The summed E-state index contributed by atoms with van der Waals surface area (Å²) >= 11 is 1.79. The molecule has 0 amide bonds. The van der Waals surface area contributed by atoms with Gasteiger partial charge in [-0.25, -0.2) is 0 Å². The molecule has 0 unspecified atom stereocenters. The fourth-order valence-corrected chi connectivity index (χ4v) is 11.6. The molecular formula is C65H58IrN4S+. The second-order valence-corrected chi connectivity index (χ2v) is 20.8. The second kappa shape index (κ2) is 19.5. The number of thiophene rings is 1. The first-order chi connectivity index (χ1) is 35.2. The smallest absolute Gasteiger partial charge is 0.333 e. The molecule has 12 aromatic rings. The number of hydrogen-bond acceptors (Lipinski definition) is 2. The third kappa shape index (κ3) is 8.50. The van der Waals surface area contributed by atoms with E-state index in [4.69, 9.17) is 14.1 Å². The predicted molar refractivity (Wildman–Crippen MR) is 297 cm³/mol. The van der Waals surface area contributed by atoms with Crippen molar-refractivity contribution in [2.75, 3.05) is 0 Å². The molecule has 0 fully saturated rings. The van der Waals surface area contributed by atoms with Gasteiger partial charge in [0.25, 0.3) is 0 Å². The van der Waals surface area contributed by atoms with E-state index in [1.807, 2.05) is 36.4 Å². The van der Waals surface area contributed by atoms with Gasteiger partial charge in [0, 0.05) is 20.2 Å². The van der Waals surface area contributed by atoms with Crippen LogP contribution in [0.4, 0.5) is 0 Å². The van der Waals surface area contributed by atoms with Gasteiger partial charge in [-0.1, -0.05) is 163 Å². The summed E-state index contributed by atoms with van der Waals surface area (Å²) in [6.45, 7) is 16.0. The van der Waals surface area contributed by atoms with Crippen LogP contribution in [0.5, 0.6) is 0 Å². The zero-order chi connectivity index (χ0) is 50.9. The van der Waals surface area contributed by atoms with Crippen molar-refractivity contribution >= 4 is 75.1 Å². The second-order valence-electron chi connectivity index (χ2n) is 19.8. The van der Waals surface area contributed by atoms with E-state index in [1.165, 1.54) is 49.1 Å². The van der Waals surface area contributed by atoms with E-state index < -0.39 is 6.85 Å². The Morgan fingerprint density at radius 3 is 1.94 bits per heavy atom. The maximum absolute atomic E-state index is 7.87. The van der Waals surface area contributed by atoms with E-state index in [2.05, 4.69) is 192 Å². The Balaban J connectivity index is 0.000000191. The van der Waals surface area contributed by atoms with Crippen LogP contribution in [0.1, 0.15) is 111 Å². The maximum Gasteiger partial charge on any atom is 3.00 e. The van der Waals surface area contributed by atoms with Crippen LogP contribution in [-0.2, 0) is 20.1 Å². The van der Waals surface area contributed by atoms with Crippen LogP contribution in [0.25, 0.3) is 97.9 Å². The molecule has 71 heavy (non-hydrogen) atoms. The zero-order valence-electron chi connectivity index (χ0n) is 44.4. The van der Waals surface area contributed by atoms with Gasteiger partial charge in [-0.3, -0.25) is 9.97 Å². The van der Waals surface area contributed by atoms with Gasteiger partial charge in [0.2, 0.25) is 0 Å². The van der Waals surface area contributed by atoms with Crippen molar-refractivity contribution in [2.45, 2.75) is 85.9 Å². The van der Waals surface area contributed by atoms with Gasteiger partial charge in [0.1, 0.15) is 0 Å². The molecule has 12 rings (SSSR count). The molecular weight excluding hydrogens is 1060 g/mol. The predicted octanol–water partition coefficient (Wildman–Crippen LogP) is 17.5. The minimum Gasteiger partial charge on any atom is -0.333 e. The normalized spacial score (nSPS) is 12.6. The van der Waals surface area contributed by atoms with Crippen molar-refractivity contribution in [1.82, 2.24) is 14.5 Å². The monoisotopic (exact) mass is 1120 g/mol. The molecule has 0 saturated heterocycles. The van der Waals surface area contributed by atoms with E-state index in [0.29, 0.717) is 29.2 Å².